The Kier molecular flexibility index (Phi) is 3.28. The van der Waals surface area contributed by atoms with Crippen LogP contribution in [0.2, 0.25) is 0 Å². The van der Waals surface area contributed by atoms with Gasteiger partial charge in [-0.1, -0.05) is 0 Å². The van der Waals surface area contributed by atoms with Gasteiger partial charge in [0.2, 0.25) is 11.8 Å². The molecule has 0 aromatic carbocycles. The highest BCUT2D eigenvalue weighted by Crippen LogP contribution is 2.24. The van der Waals surface area contributed by atoms with Gasteiger partial charge in [0.25, 0.3) is 0 Å². The molecule has 4 nitrogen and oxygen atoms in total. The summed E-state index contributed by atoms with van der Waals surface area (Å²) in [5.41, 5.74) is 0. The highest BCUT2D eigenvalue weighted by Gasteiger charge is 2.43. The van der Waals surface area contributed by atoms with E-state index in [2.05, 4.69) is 0 Å². The molecule has 0 aromatic rings. The van der Waals surface area contributed by atoms with Crippen LogP contribution in [0, 0.1) is 0 Å². The zero-order valence-electron chi connectivity index (χ0n) is 7.47. The molecule has 8 heteroatoms. The number of carbonyl (C=O) groups is 2. The Morgan fingerprint density at radius 3 is 2.13 bits per heavy atom. The molecule has 1 saturated heterocycles. The number of halogens is 4. The Labute approximate surface area is 82.2 Å². The molecule has 1 heterocycles. The molecule has 15 heavy (non-hydrogen) atoms. The van der Waals surface area contributed by atoms with Gasteiger partial charge >= 0.3 is 12.3 Å². The van der Waals surface area contributed by atoms with Crippen LogP contribution in [-0.4, -0.2) is 48.7 Å². The second kappa shape index (κ2) is 4.13. The Morgan fingerprint density at radius 2 is 1.73 bits per heavy atom. The number of imide groups is 1. The normalized spacial score (nSPS) is 19.5. The van der Waals surface area contributed by atoms with Crippen LogP contribution in [0.25, 0.3) is 0 Å². The number of nitrogens with one attached hydrogen (secondary N) is 1. The predicted octanol–water partition coefficient (Wildman–Crippen LogP) is -0.155. The molecule has 1 aliphatic rings. The number of carbonyl (C=O) groups excluding carboxylic acids is 2. The van der Waals surface area contributed by atoms with E-state index in [4.69, 9.17) is 0 Å². The minimum Gasteiger partial charge on any atom is -0.294 e. The van der Waals surface area contributed by atoms with Gasteiger partial charge < -0.3 is 0 Å². The number of hydrogen-bond acceptors (Lipinski definition) is 3. The van der Waals surface area contributed by atoms with E-state index in [1.54, 1.807) is 0 Å². The fraction of sp³-hybridized carbons (Fsp3) is 0.714. The van der Waals surface area contributed by atoms with E-state index >= 15 is 0 Å². The van der Waals surface area contributed by atoms with Gasteiger partial charge in [0.05, 0.1) is 19.6 Å². The lowest BCUT2D eigenvalue weighted by Gasteiger charge is -2.28. The number of hydrogen-bond donors (Lipinski definition) is 1. The van der Waals surface area contributed by atoms with Crippen LogP contribution in [0.3, 0.4) is 0 Å². The zero-order chi connectivity index (χ0) is 11.6. The van der Waals surface area contributed by atoms with E-state index < -0.39 is 43.8 Å². The first kappa shape index (κ1) is 11.9. The average Bonchev–Trinajstić information content (AvgIpc) is 1.99. The van der Waals surface area contributed by atoms with Gasteiger partial charge in [-0.15, -0.1) is 0 Å². The van der Waals surface area contributed by atoms with Crippen LogP contribution >= 0.6 is 0 Å². The smallest absolute Gasteiger partial charge is 0.294 e. The van der Waals surface area contributed by atoms with E-state index in [9.17, 15) is 27.2 Å². The molecule has 1 aliphatic heterocycles. The van der Waals surface area contributed by atoms with E-state index in [0.717, 1.165) is 0 Å². The molecule has 1 rings (SSSR count). The van der Waals surface area contributed by atoms with E-state index in [0.29, 0.717) is 4.90 Å². The highest BCUT2D eigenvalue weighted by atomic mass is 19.3. The summed E-state index contributed by atoms with van der Waals surface area (Å²) in [5.74, 6) is -5.75. The van der Waals surface area contributed by atoms with Crippen molar-refractivity contribution in [2.24, 2.45) is 0 Å². The molecule has 0 spiro atoms. The van der Waals surface area contributed by atoms with Crippen molar-refractivity contribution in [2.45, 2.75) is 12.3 Å². The van der Waals surface area contributed by atoms with Gasteiger partial charge in [0.1, 0.15) is 0 Å². The summed E-state index contributed by atoms with van der Waals surface area (Å²) in [7, 11) is 0. The second-order valence-electron chi connectivity index (χ2n) is 3.18. The summed E-state index contributed by atoms with van der Waals surface area (Å²) in [6.07, 6.45) is -3.81. The Morgan fingerprint density at radius 1 is 1.27 bits per heavy atom. The molecule has 0 aromatic heterocycles. The molecule has 2 amide bonds. The molecule has 0 aliphatic carbocycles. The third kappa shape index (κ3) is 3.15. The van der Waals surface area contributed by atoms with E-state index in [-0.39, 0.29) is 0 Å². The van der Waals surface area contributed by atoms with Gasteiger partial charge in [0, 0.05) is 0 Å². The summed E-state index contributed by atoms with van der Waals surface area (Å²) in [6, 6.07) is 0. The largest absolute Gasteiger partial charge is 0.319 e. The monoisotopic (exact) mass is 228 g/mol. The van der Waals surface area contributed by atoms with Crippen molar-refractivity contribution in [3.05, 3.63) is 0 Å². The van der Waals surface area contributed by atoms with Gasteiger partial charge in [-0.25, -0.2) is 8.78 Å². The van der Waals surface area contributed by atoms with Gasteiger partial charge in [-0.3, -0.25) is 19.8 Å². The van der Waals surface area contributed by atoms with Crippen molar-refractivity contribution < 1.29 is 27.2 Å². The summed E-state index contributed by atoms with van der Waals surface area (Å²) < 4.78 is 48.7. The first-order valence-corrected chi connectivity index (χ1v) is 4.02. The third-order valence-electron chi connectivity index (χ3n) is 1.77. The number of nitrogens with zero attached hydrogens (tertiary/aromatic N) is 1. The first-order chi connectivity index (χ1) is 6.81. The summed E-state index contributed by atoms with van der Waals surface area (Å²) in [4.78, 5) is 22.2. The van der Waals surface area contributed by atoms with Crippen molar-refractivity contribution in [1.82, 2.24) is 10.2 Å². The number of piperazine rings is 1. The molecular formula is C7H8F4N2O2. The summed E-state index contributed by atoms with van der Waals surface area (Å²) in [6.45, 7) is -2.26. The van der Waals surface area contributed by atoms with Crippen LogP contribution in [0.5, 0.6) is 0 Å². The molecule has 86 valence electrons. The van der Waals surface area contributed by atoms with Gasteiger partial charge in [-0.05, 0) is 0 Å². The summed E-state index contributed by atoms with van der Waals surface area (Å²) >= 11 is 0. The van der Waals surface area contributed by atoms with Gasteiger partial charge in [0.15, 0.2) is 0 Å². The van der Waals surface area contributed by atoms with Crippen LogP contribution in [0.1, 0.15) is 0 Å². The maximum atomic E-state index is 12.6. The molecule has 0 saturated carbocycles. The Balaban J connectivity index is 2.58. The first-order valence-electron chi connectivity index (χ1n) is 4.02. The van der Waals surface area contributed by atoms with Crippen molar-refractivity contribution in [1.29, 1.82) is 0 Å². The topological polar surface area (TPSA) is 49.4 Å². The maximum absolute atomic E-state index is 12.6. The van der Waals surface area contributed by atoms with Crippen molar-refractivity contribution >= 4 is 11.8 Å². The molecule has 0 atom stereocenters. The molecule has 0 bridgehead atoms. The number of amides is 2. The van der Waals surface area contributed by atoms with Crippen molar-refractivity contribution in [3.8, 4) is 0 Å². The second-order valence-corrected chi connectivity index (χ2v) is 3.18. The molecule has 0 unspecified atom stereocenters. The van der Waals surface area contributed by atoms with E-state index in [1.807, 2.05) is 5.32 Å². The van der Waals surface area contributed by atoms with Crippen molar-refractivity contribution in [2.75, 3.05) is 19.6 Å². The molecule has 1 fully saturated rings. The Hall–Kier alpha value is -1.18. The van der Waals surface area contributed by atoms with Crippen LogP contribution < -0.4 is 5.32 Å². The molecule has 0 radical (unpaired) electrons. The fourth-order valence-electron chi connectivity index (χ4n) is 1.18. The minimum atomic E-state index is -4.21. The fourth-order valence-corrected chi connectivity index (χ4v) is 1.18. The SMILES string of the molecule is O=C1CN(CC(F)(F)C(F)F)CC(=O)N1. The lowest BCUT2D eigenvalue weighted by atomic mass is 10.2. The number of rotatable bonds is 3. The third-order valence-corrected chi connectivity index (χ3v) is 1.77. The average molecular weight is 228 g/mol. The van der Waals surface area contributed by atoms with E-state index in [1.165, 1.54) is 0 Å². The lowest BCUT2D eigenvalue weighted by Crippen LogP contribution is -2.55. The van der Waals surface area contributed by atoms with Crippen molar-refractivity contribution in [3.63, 3.8) is 0 Å². The minimum absolute atomic E-state index is 0.478. The van der Waals surface area contributed by atoms with Gasteiger partial charge in [-0.2, -0.15) is 8.78 Å². The summed E-state index contributed by atoms with van der Waals surface area (Å²) in [5, 5.41) is 1.87. The zero-order valence-corrected chi connectivity index (χ0v) is 7.47. The maximum Gasteiger partial charge on any atom is 0.319 e. The highest BCUT2D eigenvalue weighted by molar-refractivity contribution is 5.99. The number of alkyl halides is 4. The van der Waals surface area contributed by atoms with Crippen LogP contribution in [0.4, 0.5) is 17.6 Å². The quantitative estimate of drug-likeness (QED) is 0.539. The lowest BCUT2D eigenvalue weighted by molar-refractivity contribution is -0.153. The standard InChI is InChI=1S/C7H8F4N2O2/c8-6(9)7(10,11)3-13-1-4(14)12-5(15)2-13/h6H,1-3H2,(H,12,14,15). The van der Waals surface area contributed by atoms with Crippen LogP contribution in [0.15, 0.2) is 0 Å². The molecule has 1 N–H and O–H groups in total. The van der Waals surface area contributed by atoms with Crippen LogP contribution in [-0.2, 0) is 9.59 Å². The predicted molar refractivity (Wildman–Crippen MR) is 40.5 cm³/mol. The Bertz CT molecular complexity index is 266. The molecular weight excluding hydrogens is 220 g/mol.